The van der Waals surface area contributed by atoms with Crippen LogP contribution in [0.4, 0.5) is 0 Å². The summed E-state index contributed by atoms with van der Waals surface area (Å²) in [5, 5.41) is 30.8. The summed E-state index contributed by atoms with van der Waals surface area (Å²) in [6.07, 6.45) is 48.1. The van der Waals surface area contributed by atoms with E-state index in [4.69, 9.17) is 28.7 Å². The van der Waals surface area contributed by atoms with Crippen molar-refractivity contribution in [1.82, 2.24) is 0 Å². The minimum absolute atomic E-state index is 0.0156. The fraction of sp³-hybridized carbons (Fsp3) is 1.00. The predicted octanol–water partition coefficient (Wildman–Crippen LogP) is 14.8. The topological polar surface area (TPSA) is 191 Å². The van der Waals surface area contributed by atoms with Gasteiger partial charge in [-0.3, -0.25) is 0 Å². The predicted molar refractivity (Wildman–Crippen MR) is 345 cm³/mol. The Balaban J connectivity index is 0.000000104. The van der Waals surface area contributed by atoms with Crippen molar-refractivity contribution in [2.45, 2.75) is 335 Å². The summed E-state index contributed by atoms with van der Waals surface area (Å²) in [7, 11) is 0. The highest BCUT2D eigenvalue weighted by molar-refractivity contribution is 5.14. The third kappa shape index (κ3) is 10.2. The van der Waals surface area contributed by atoms with Crippen LogP contribution in [0.1, 0.15) is 287 Å². The molecule has 0 aromatic heterocycles. The van der Waals surface area contributed by atoms with Crippen LogP contribution in [0.5, 0.6) is 0 Å². The van der Waals surface area contributed by atoms with Crippen LogP contribution in [-0.4, -0.2) is 63.8 Å². The molecule has 0 amide bonds. The summed E-state index contributed by atoms with van der Waals surface area (Å²) < 4.78 is 0. The quantitative estimate of drug-likeness (QED) is 0.118. The van der Waals surface area contributed by atoms with E-state index in [1.165, 1.54) is 199 Å². The number of aliphatic hydroxyl groups excluding tert-OH is 3. The molecule has 0 heterocycles. The third-order valence-electron chi connectivity index (χ3n) is 34.3. The van der Waals surface area contributed by atoms with Gasteiger partial charge in [0.05, 0.1) is 18.3 Å². The van der Waals surface area contributed by atoms with Gasteiger partial charge in [-0.05, 0) is 343 Å². The van der Waals surface area contributed by atoms with E-state index >= 15 is 0 Å². The molecule has 480 valence electrons. The van der Waals surface area contributed by atoms with Gasteiger partial charge in [0.25, 0.3) is 0 Å². The summed E-state index contributed by atoms with van der Waals surface area (Å²) in [6, 6.07) is 0.560. The second kappa shape index (κ2) is 22.8. The number of fused-ring (bicyclic) bond motifs is 20. The van der Waals surface area contributed by atoms with Crippen LogP contribution in [0, 0.1) is 138 Å². The van der Waals surface area contributed by atoms with Crippen molar-refractivity contribution in [3.8, 4) is 0 Å². The van der Waals surface area contributed by atoms with E-state index in [2.05, 4.69) is 55.4 Å². The zero-order chi connectivity index (χ0) is 59.3. The van der Waals surface area contributed by atoms with E-state index in [-0.39, 0.29) is 48.5 Å². The average Bonchev–Trinajstić information content (AvgIpc) is 2.14. The van der Waals surface area contributed by atoms with Gasteiger partial charge in [0.15, 0.2) is 0 Å². The van der Waals surface area contributed by atoms with Gasteiger partial charge in [-0.2, -0.15) is 0 Å². The molecule has 16 aliphatic carbocycles. The smallest absolute Gasteiger partial charge is 0.0696 e. The molecule has 32 atom stereocenters. The lowest BCUT2D eigenvalue weighted by atomic mass is 9.44. The molecule has 0 saturated heterocycles. The van der Waals surface area contributed by atoms with Crippen molar-refractivity contribution >= 4 is 0 Å². The Morgan fingerprint density at radius 2 is 0.619 bits per heavy atom. The van der Waals surface area contributed by atoms with Crippen LogP contribution in [0.25, 0.3) is 0 Å². The molecule has 16 rings (SSSR count). The normalized spacial score (nSPS) is 60.0. The van der Waals surface area contributed by atoms with E-state index in [1.807, 2.05) is 0 Å². The molecule has 0 bridgehead atoms. The van der Waals surface area contributed by atoms with Gasteiger partial charge in [0.1, 0.15) is 0 Å². The summed E-state index contributed by atoms with van der Waals surface area (Å²) in [4.78, 5) is 0. The van der Waals surface area contributed by atoms with E-state index in [0.717, 1.165) is 121 Å². The number of hydrogen-bond donors (Lipinski definition) is 8. The lowest BCUT2D eigenvalue weighted by Crippen LogP contribution is -2.60. The first-order valence-corrected chi connectivity index (χ1v) is 37.6. The molecule has 16 saturated carbocycles. The van der Waals surface area contributed by atoms with E-state index < -0.39 is 0 Å². The zero-order valence-electron chi connectivity index (χ0n) is 55.5. The van der Waals surface area contributed by atoms with Crippen molar-refractivity contribution in [1.29, 1.82) is 0 Å². The molecule has 13 N–H and O–H groups in total. The van der Waals surface area contributed by atoms with Gasteiger partial charge in [-0.15, -0.1) is 0 Å². The van der Waals surface area contributed by atoms with Gasteiger partial charge >= 0.3 is 0 Å². The maximum Gasteiger partial charge on any atom is 0.0696 e. The summed E-state index contributed by atoms with van der Waals surface area (Å²) in [5.41, 5.74) is 35.9. The first-order valence-electron chi connectivity index (χ1n) is 37.6. The Morgan fingerprint density at radius 1 is 0.262 bits per heavy atom. The van der Waals surface area contributed by atoms with Gasteiger partial charge in [-0.1, -0.05) is 81.1 Å². The van der Waals surface area contributed by atoms with Gasteiger partial charge < -0.3 is 44.0 Å². The molecule has 8 heteroatoms. The monoisotopic (exact) mass is 1160 g/mol. The highest BCUT2D eigenvalue weighted by atomic mass is 16.3. The fourth-order valence-corrected chi connectivity index (χ4v) is 29.5. The molecular weight excluding hydrogens is 1030 g/mol. The standard InChI is InChI=1S/C19H34N2.3C19H33NO/c1-18-8-3-4-14(18)13-6-5-12-10-16(20)17(21)11-19(12,2)15(13)7-9-18;1-18-9-3-4-13(18)12-5-6-15-17(20)16(21)8-11-19(15,2)14(12)7-10-18;1-18-8-3-4-14(18)13-6-5-12-10-17(21)16(20)11-19(12,2)15(13)7-9-18;1-18-8-3-4-14(18)13-6-5-12-10-16(20)17(21)11-19(12,2)15(13)7-9-18/h12-17H,3-11,20-21H2,1-2H3;3*12-17,21H,3-11,20H2,1-2H3/t12-,13-,14-,15-,16?,17?,18-,19-;12-,13-,14-,15-,16?,17?,18-,19+;2*12-,13-,14-,15-,16?,17?,18-,19-/m0000/s1. The Labute approximate surface area is 514 Å². The van der Waals surface area contributed by atoms with Crippen LogP contribution in [0.3, 0.4) is 0 Å². The molecule has 0 aliphatic heterocycles. The first kappa shape index (κ1) is 62.5. The Kier molecular flexibility index (Phi) is 16.9. The Morgan fingerprint density at radius 3 is 1.05 bits per heavy atom. The fourth-order valence-electron chi connectivity index (χ4n) is 29.5. The van der Waals surface area contributed by atoms with Crippen LogP contribution < -0.4 is 28.7 Å². The van der Waals surface area contributed by atoms with Crippen molar-refractivity contribution in [3.63, 3.8) is 0 Å². The number of hydrogen-bond acceptors (Lipinski definition) is 8. The minimum Gasteiger partial charge on any atom is -0.392 e. The minimum atomic E-state index is -0.262. The Bertz CT molecular complexity index is 2070. The average molecular weight is 1160 g/mol. The Hall–Kier alpha value is -0.320. The van der Waals surface area contributed by atoms with E-state index in [9.17, 15) is 15.3 Å². The lowest BCUT2D eigenvalue weighted by Gasteiger charge is -2.61. The highest BCUT2D eigenvalue weighted by Gasteiger charge is 2.64. The molecule has 0 radical (unpaired) electrons. The SMILES string of the molecule is C[C@@]12CCC[C@H]1[C@@H]1CC[C@H]3C(N)C(O)CC[C@]3(C)[C@H]1CC2.C[C@@]12CCC[C@H]1[C@@H]1CC[C@H]3CC(N)C(N)C[C@]3(C)[C@H]1CC2.C[C@@]12CCC[C@H]1[C@@H]1CC[C@H]3CC(N)C(O)C[C@]3(C)[C@H]1CC2.C[C@@]12CCC[C@H]1[C@@H]1CC[C@H]3CC(O)C(N)C[C@]3(C)[C@H]1CC2. The highest BCUT2D eigenvalue weighted by Crippen LogP contribution is 2.71. The van der Waals surface area contributed by atoms with Gasteiger partial charge in [0.2, 0.25) is 0 Å². The van der Waals surface area contributed by atoms with Crippen molar-refractivity contribution < 1.29 is 15.3 Å². The second-order valence-corrected chi connectivity index (χ2v) is 37.7. The molecule has 0 aromatic rings. The molecular formula is C76H133N5O3. The van der Waals surface area contributed by atoms with Crippen LogP contribution >= 0.6 is 0 Å². The molecule has 16 aliphatic rings. The lowest BCUT2D eigenvalue weighted by molar-refractivity contribution is -0.129. The van der Waals surface area contributed by atoms with Crippen molar-refractivity contribution in [2.75, 3.05) is 0 Å². The van der Waals surface area contributed by atoms with E-state index in [1.54, 1.807) is 0 Å². The van der Waals surface area contributed by atoms with Crippen LogP contribution in [-0.2, 0) is 0 Å². The van der Waals surface area contributed by atoms with Gasteiger partial charge in [0, 0.05) is 30.2 Å². The molecule has 0 aromatic carbocycles. The molecule has 0 spiro atoms. The maximum absolute atomic E-state index is 10.4. The summed E-state index contributed by atoms with van der Waals surface area (Å²) >= 11 is 0. The van der Waals surface area contributed by atoms with Crippen LogP contribution in [0.2, 0.25) is 0 Å². The molecule has 16 fully saturated rings. The second-order valence-electron chi connectivity index (χ2n) is 37.7. The maximum atomic E-state index is 10.4. The van der Waals surface area contributed by atoms with E-state index in [0.29, 0.717) is 49.2 Å². The summed E-state index contributed by atoms with van der Waals surface area (Å²) in [5.74, 6) is 14.2. The number of aliphatic hydroxyl groups is 3. The molecule has 84 heavy (non-hydrogen) atoms. The largest absolute Gasteiger partial charge is 0.392 e. The van der Waals surface area contributed by atoms with Crippen molar-refractivity contribution in [3.05, 3.63) is 0 Å². The third-order valence-corrected chi connectivity index (χ3v) is 34.3. The molecule has 8 nitrogen and oxygen atoms in total. The number of rotatable bonds is 0. The van der Waals surface area contributed by atoms with Crippen molar-refractivity contribution in [2.24, 2.45) is 167 Å². The van der Waals surface area contributed by atoms with Crippen LogP contribution in [0.15, 0.2) is 0 Å². The number of nitrogens with two attached hydrogens (primary N) is 5. The molecule has 8 unspecified atom stereocenters. The summed E-state index contributed by atoms with van der Waals surface area (Å²) in [6.45, 7) is 20.4. The van der Waals surface area contributed by atoms with Gasteiger partial charge in [-0.25, -0.2) is 0 Å². The zero-order valence-corrected chi connectivity index (χ0v) is 55.5. The first-order chi connectivity index (χ1) is 39.8.